The first kappa shape index (κ1) is 17.3. The van der Waals surface area contributed by atoms with Gasteiger partial charge in [0.25, 0.3) is 0 Å². The summed E-state index contributed by atoms with van der Waals surface area (Å²) in [5, 5.41) is 3.41. The predicted molar refractivity (Wildman–Crippen MR) is 96.1 cm³/mol. The van der Waals surface area contributed by atoms with Crippen molar-refractivity contribution in [2.24, 2.45) is 11.8 Å². The molecule has 1 N–H and O–H groups in total. The lowest BCUT2D eigenvalue weighted by molar-refractivity contribution is -0.133. The normalized spacial score (nSPS) is 23.2. The number of amides is 1. The van der Waals surface area contributed by atoms with Crippen LogP contribution in [0.4, 0.5) is 0 Å². The molecule has 2 heterocycles. The van der Waals surface area contributed by atoms with E-state index in [1.54, 1.807) is 7.11 Å². The van der Waals surface area contributed by atoms with E-state index < -0.39 is 0 Å². The average molecular weight is 330 g/mol. The summed E-state index contributed by atoms with van der Waals surface area (Å²) in [4.78, 5) is 15.0. The molecule has 0 radical (unpaired) electrons. The summed E-state index contributed by atoms with van der Waals surface area (Å²) in [5.74, 6) is 2.36. The number of nitrogens with zero attached hydrogens (tertiary/aromatic N) is 1. The first-order valence-electron chi connectivity index (χ1n) is 9.33. The highest BCUT2D eigenvalue weighted by atomic mass is 16.5. The van der Waals surface area contributed by atoms with Crippen LogP contribution in [0.5, 0.6) is 5.75 Å². The number of hydrogen-bond acceptors (Lipinski definition) is 3. The van der Waals surface area contributed by atoms with Crippen molar-refractivity contribution in [3.63, 3.8) is 0 Å². The number of hydrogen-bond donors (Lipinski definition) is 1. The Labute approximate surface area is 145 Å². The van der Waals surface area contributed by atoms with Crippen LogP contribution in [0, 0.1) is 11.8 Å². The van der Waals surface area contributed by atoms with Crippen LogP contribution in [-0.2, 0) is 4.79 Å². The van der Waals surface area contributed by atoms with E-state index in [4.69, 9.17) is 4.74 Å². The number of ether oxygens (including phenoxy) is 1. The van der Waals surface area contributed by atoms with Crippen LogP contribution in [0.25, 0.3) is 0 Å². The van der Waals surface area contributed by atoms with Crippen molar-refractivity contribution < 1.29 is 9.53 Å². The molecule has 0 spiro atoms. The van der Waals surface area contributed by atoms with Crippen LogP contribution in [0.2, 0.25) is 0 Å². The lowest BCUT2D eigenvalue weighted by Crippen LogP contribution is -2.35. The van der Waals surface area contributed by atoms with Crippen LogP contribution < -0.4 is 10.1 Å². The SMILES string of the molecule is COc1cccc(C2CCCN2C(=O)CC(C)C2CCNCC2)c1. The minimum absolute atomic E-state index is 0.216. The number of likely N-dealkylation sites (tertiary alicyclic amines) is 1. The van der Waals surface area contributed by atoms with E-state index in [0.29, 0.717) is 24.2 Å². The molecule has 0 aromatic heterocycles. The van der Waals surface area contributed by atoms with Gasteiger partial charge in [0.1, 0.15) is 5.75 Å². The van der Waals surface area contributed by atoms with E-state index in [0.717, 1.165) is 38.2 Å². The lowest BCUT2D eigenvalue weighted by atomic mass is 9.84. The molecular formula is C20H30N2O2. The van der Waals surface area contributed by atoms with E-state index in [1.807, 2.05) is 12.1 Å². The summed E-state index contributed by atoms with van der Waals surface area (Å²) in [5.41, 5.74) is 1.20. The molecule has 2 saturated heterocycles. The van der Waals surface area contributed by atoms with Crippen molar-refractivity contribution in [2.75, 3.05) is 26.7 Å². The quantitative estimate of drug-likeness (QED) is 0.900. The zero-order valence-electron chi connectivity index (χ0n) is 15.0. The third-order valence-electron chi connectivity index (χ3n) is 5.74. The van der Waals surface area contributed by atoms with Gasteiger partial charge in [-0.05, 0) is 68.3 Å². The number of carbonyl (C=O) groups is 1. The molecule has 0 aliphatic carbocycles. The molecule has 1 aromatic carbocycles. The molecule has 4 nitrogen and oxygen atoms in total. The molecule has 3 rings (SSSR count). The Balaban J connectivity index is 1.64. The van der Waals surface area contributed by atoms with Gasteiger partial charge in [0.15, 0.2) is 0 Å². The van der Waals surface area contributed by atoms with Crippen LogP contribution in [0.15, 0.2) is 24.3 Å². The summed E-state index contributed by atoms with van der Waals surface area (Å²) in [7, 11) is 1.69. The van der Waals surface area contributed by atoms with Gasteiger partial charge in [-0.1, -0.05) is 19.1 Å². The van der Waals surface area contributed by atoms with Crippen molar-refractivity contribution in [3.05, 3.63) is 29.8 Å². The number of carbonyl (C=O) groups excluding carboxylic acids is 1. The highest BCUT2D eigenvalue weighted by molar-refractivity contribution is 5.77. The van der Waals surface area contributed by atoms with Crippen molar-refractivity contribution >= 4 is 5.91 Å². The topological polar surface area (TPSA) is 41.6 Å². The maximum Gasteiger partial charge on any atom is 0.223 e. The van der Waals surface area contributed by atoms with Crippen molar-refractivity contribution in [2.45, 2.75) is 45.1 Å². The Hall–Kier alpha value is -1.55. The van der Waals surface area contributed by atoms with E-state index in [2.05, 4.69) is 29.3 Å². The molecule has 1 amide bonds. The highest BCUT2D eigenvalue weighted by Gasteiger charge is 2.32. The first-order chi connectivity index (χ1) is 11.7. The zero-order valence-corrected chi connectivity index (χ0v) is 15.0. The number of piperidine rings is 1. The third kappa shape index (κ3) is 3.92. The Kier molecular flexibility index (Phi) is 5.77. The smallest absolute Gasteiger partial charge is 0.223 e. The largest absolute Gasteiger partial charge is 0.497 e. The van der Waals surface area contributed by atoms with Gasteiger partial charge in [-0.3, -0.25) is 4.79 Å². The molecule has 2 atom stereocenters. The summed E-state index contributed by atoms with van der Waals surface area (Å²) in [6, 6.07) is 8.39. The van der Waals surface area contributed by atoms with E-state index in [-0.39, 0.29) is 6.04 Å². The monoisotopic (exact) mass is 330 g/mol. The molecular weight excluding hydrogens is 300 g/mol. The van der Waals surface area contributed by atoms with Crippen molar-refractivity contribution in [1.29, 1.82) is 0 Å². The first-order valence-corrected chi connectivity index (χ1v) is 9.33. The molecule has 2 aliphatic heterocycles. The fourth-order valence-corrected chi connectivity index (χ4v) is 4.23. The Bertz CT molecular complexity index is 554. The third-order valence-corrected chi connectivity index (χ3v) is 5.74. The minimum Gasteiger partial charge on any atom is -0.497 e. The molecule has 24 heavy (non-hydrogen) atoms. The number of benzene rings is 1. The van der Waals surface area contributed by atoms with Gasteiger partial charge in [-0.15, -0.1) is 0 Å². The van der Waals surface area contributed by atoms with E-state index in [1.165, 1.54) is 18.4 Å². The van der Waals surface area contributed by atoms with E-state index in [9.17, 15) is 4.79 Å². The van der Waals surface area contributed by atoms with Crippen LogP contribution >= 0.6 is 0 Å². The Morgan fingerprint density at radius 1 is 1.33 bits per heavy atom. The van der Waals surface area contributed by atoms with Gasteiger partial charge in [0, 0.05) is 13.0 Å². The Morgan fingerprint density at radius 2 is 2.12 bits per heavy atom. The molecule has 132 valence electrons. The molecule has 0 saturated carbocycles. The Morgan fingerprint density at radius 3 is 2.88 bits per heavy atom. The highest BCUT2D eigenvalue weighted by Crippen LogP contribution is 2.35. The average Bonchev–Trinajstić information content (AvgIpc) is 3.12. The predicted octanol–water partition coefficient (Wildman–Crippen LogP) is 3.38. The van der Waals surface area contributed by atoms with Gasteiger partial charge in [-0.2, -0.15) is 0 Å². The summed E-state index contributed by atoms with van der Waals surface area (Å²) in [6.45, 7) is 5.34. The second-order valence-electron chi connectivity index (χ2n) is 7.29. The number of methoxy groups -OCH3 is 1. The van der Waals surface area contributed by atoms with Gasteiger partial charge in [-0.25, -0.2) is 0 Å². The van der Waals surface area contributed by atoms with E-state index >= 15 is 0 Å². The summed E-state index contributed by atoms with van der Waals surface area (Å²) in [6.07, 6.45) is 5.24. The second-order valence-corrected chi connectivity index (χ2v) is 7.29. The molecule has 0 bridgehead atoms. The standard InChI is InChI=1S/C20H30N2O2/c1-15(16-8-10-21-11-9-16)13-20(23)22-12-4-7-19(22)17-5-3-6-18(14-17)24-2/h3,5-6,14-16,19,21H,4,7-13H2,1-2H3. The van der Waals surface area contributed by atoms with Gasteiger partial charge < -0.3 is 15.0 Å². The molecule has 2 fully saturated rings. The van der Waals surface area contributed by atoms with Crippen LogP contribution in [0.1, 0.15) is 50.6 Å². The lowest BCUT2D eigenvalue weighted by Gasteiger charge is -2.31. The maximum absolute atomic E-state index is 12.9. The van der Waals surface area contributed by atoms with Crippen LogP contribution in [0.3, 0.4) is 0 Å². The van der Waals surface area contributed by atoms with Crippen molar-refractivity contribution in [3.8, 4) is 5.75 Å². The zero-order chi connectivity index (χ0) is 16.9. The second kappa shape index (κ2) is 8.02. The summed E-state index contributed by atoms with van der Waals surface area (Å²) >= 11 is 0. The van der Waals surface area contributed by atoms with Crippen LogP contribution in [-0.4, -0.2) is 37.6 Å². The van der Waals surface area contributed by atoms with Gasteiger partial charge in [0.05, 0.1) is 13.2 Å². The fourth-order valence-electron chi connectivity index (χ4n) is 4.23. The maximum atomic E-state index is 12.9. The van der Waals surface area contributed by atoms with Gasteiger partial charge in [0.2, 0.25) is 5.91 Å². The molecule has 2 unspecified atom stereocenters. The van der Waals surface area contributed by atoms with Gasteiger partial charge >= 0.3 is 0 Å². The number of rotatable bonds is 5. The molecule has 4 heteroatoms. The summed E-state index contributed by atoms with van der Waals surface area (Å²) < 4.78 is 5.34. The molecule has 2 aliphatic rings. The molecule has 1 aromatic rings. The number of nitrogens with one attached hydrogen (secondary N) is 1. The van der Waals surface area contributed by atoms with Crippen molar-refractivity contribution in [1.82, 2.24) is 10.2 Å². The fraction of sp³-hybridized carbons (Fsp3) is 0.650. The minimum atomic E-state index is 0.216.